The van der Waals surface area contributed by atoms with Gasteiger partial charge in [0.1, 0.15) is 6.10 Å². The second-order valence-corrected chi connectivity index (χ2v) is 4.48. The molecule has 1 saturated heterocycles. The number of rotatable bonds is 4. The number of carbonyl (C=O) groups excluding carboxylic acids is 3. The third kappa shape index (κ3) is 2.42. The van der Waals surface area contributed by atoms with Gasteiger partial charge in [-0.15, -0.1) is 0 Å². The number of nitrogens with zero attached hydrogens (tertiary/aromatic N) is 1. The topological polar surface area (TPSA) is 63.7 Å². The van der Waals surface area contributed by atoms with Crippen LogP contribution in [0.15, 0.2) is 30.3 Å². The fourth-order valence-corrected chi connectivity index (χ4v) is 2.35. The van der Waals surface area contributed by atoms with Crippen LogP contribution in [0.5, 0.6) is 0 Å². The number of anilines is 1. The summed E-state index contributed by atoms with van der Waals surface area (Å²) in [6.45, 7) is 1.36. The summed E-state index contributed by atoms with van der Waals surface area (Å²) >= 11 is 0. The fraction of sp³-hybridized carbons (Fsp3) is 0.357. The number of methoxy groups -OCH3 is 1. The minimum absolute atomic E-state index is 0.00577. The predicted octanol–water partition coefficient (Wildman–Crippen LogP) is 1.17. The standard InChI is InChI=1S/C14H15NO4/c1-9(16)13(19-2)11-8-12(17)15(14(11)18)10-6-4-3-5-7-10/h3-7,11,13H,8H2,1-2H3. The van der Waals surface area contributed by atoms with Crippen LogP contribution in [0.4, 0.5) is 5.69 Å². The molecule has 0 aromatic heterocycles. The summed E-state index contributed by atoms with van der Waals surface area (Å²) in [4.78, 5) is 36.8. The number of amides is 2. The molecule has 0 aliphatic carbocycles. The van der Waals surface area contributed by atoms with Crippen molar-refractivity contribution in [3.63, 3.8) is 0 Å². The van der Waals surface area contributed by atoms with Crippen LogP contribution < -0.4 is 4.90 Å². The van der Waals surface area contributed by atoms with E-state index in [0.29, 0.717) is 5.69 Å². The normalized spacial score (nSPS) is 20.7. The van der Waals surface area contributed by atoms with Crippen molar-refractivity contribution in [1.82, 2.24) is 0 Å². The molecule has 2 amide bonds. The van der Waals surface area contributed by atoms with Crippen LogP contribution in [0.2, 0.25) is 0 Å². The first kappa shape index (κ1) is 13.4. The highest BCUT2D eigenvalue weighted by atomic mass is 16.5. The number of imide groups is 1. The maximum absolute atomic E-state index is 12.3. The molecule has 0 radical (unpaired) electrons. The van der Waals surface area contributed by atoms with Gasteiger partial charge in [-0.2, -0.15) is 0 Å². The molecular weight excluding hydrogens is 246 g/mol. The third-order valence-electron chi connectivity index (χ3n) is 3.22. The van der Waals surface area contributed by atoms with Gasteiger partial charge in [-0.3, -0.25) is 19.3 Å². The molecule has 2 unspecified atom stereocenters. The summed E-state index contributed by atoms with van der Waals surface area (Å²) in [7, 11) is 1.37. The quantitative estimate of drug-likeness (QED) is 0.763. The van der Waals surface area contributed by atoms with E-state index in [1.165, 1.54) is 14.0 Å². The molecule has 5 heteroatoms. The van der Waals surface area contributed by atoms with Crippen molar-refractivity contribution in [3.8, 4) is 0 Å². The first-order valence-corrected chi connectivity index (χ1v) is 6.01. The lowest BCUT2D eigenvalue weighted by molar-refractivity contribution is -0.136. The molecule has 1 heterocycles. The Morgan fingerprint density at radius 2 is 1.95 bits per heavy atom. The molecule has 1 aromatic carbocycles. The number of hydrogen-bond acceptors (Lipinski definition) is 4. The molecule has 0 bridgehead atoms. The van der Waals surface area contributed by atoms with Gasteiger partial charge in [0.05, 0.1) is 11.6 Å². The molecule has 19 heavy (non-hydrogen) atoms. The van der Waals surface area contributed by atoms with Gasteiger partial charge >= 0.3 is 0 Å². The highest BCUT2D eigenvalue weighted by Crippen LogP contribution is 2.29. The highest BCUT2D eigenvalue weighted by Gasteiger charge is 2.45. The summed E-state index contributed by atoms with van der Waals surface area (Å²) in [5, 5.41) is 0. The first-order chi connectivity index (χ1) is 9.06. The van der Waals surface area contributed by atoms with Crippen LogP contribution in [0.1, 0.15) is 13.3 Å². The second kappa shape index (κ2) is 5.32. The maximum atomic E-state index is 12.3. The van der Waals surface area contributed by atoms with Gasteiger partial charge in [0, 0.05) is 13.5 Å². The maximum Gasteiger partial charge on any atom is 0.240 e. The van der Waals surface area contributed by atoms with E-state index >= 15 is 0 Å². The lowest BCUT2D eigenvalue weighted by Gasteiger charge is -2.18. The molecule has 5 nitrogen and oxygen atoms in total. The van der Waals surface area contributed by atoms with Crippen LogP contribution in [0.3, 0.4) is 0 Å². The molecule has 1 fully saturated rings. The van der Waals surface area contributed by atoms with Crippen molar-refractivity contribution >= 4 is 23.3 Å². The Kier molecular flexibility index (Phi) is 3.76. The van der Waals surface area contributed by atoms with E-state index in [0.717, 1.165) is 4.90 Å². The Bertz CT molecular complexity index is 511. The van der Waals surface area contributed by atoms with Gasteiger partial charge in [-0.05, 0) is 19.1 Å². The van der Waals surface area contributed by atoms with Crippen molar-refractivity contribution in [1.29, 1.82) is 0 Å². The van der Waals surface area contributed by atoms with Crippen LogP contribution in [-0.2, 0) is 19.1 Å². The van der Waals surface area contributed by atoms with Crippen molar-refractivity contribution < 1.29 is 19.1 Å². The average molecular weight is 261 g/mol. The molecule has 0 saturated carbocycles. The van der Waals surface area contributed by atoms with Gasteiger partial charge in [-0.25, -0.2) is 0 Å². The summed E-state index contributed by atoms with van der Waals surface area (Å²) in [5.74, 6) is -1.65. The lowest BCUT2D eigenvalue weighted by atomic mass is 9.98. The molecule has 2 atom stereocenters. The van der Waals surface area contributed by atoms with Crippen molar-refractivity contribution in [2.24, 2.45) is 5.92 Å². The van der Waals surface area contributed by atoms with Crippen molar-refractivity contribution in [3.05, 3.63) is 30.3 Å². The third-order valence-corrected chi connectivity index (χ3v) is 3.22. The zero-order chi connectivity index (χ0) is 14.0. The number of carbonyl (C=O) groups is 3. The van der Waals surface area contributed by atoms with Crippen molar-refractivity contribution in [2.75, 3.05) is 12.0 Å². The van der Waals surface area contributed by atoms with E-state index in [1.807, 2.05) is 0 Å². The van der Waals surface area contributed by atoms with Crippen molar-refractivity contribution in [2.45, 2.75) is 19.4 Å². The van der Waals surface area contributed by atoms with Crippen LogP contribution in [0, 0.1) is 5.92 Å². The number of para-hydroxylation sites is 1. The van der Waals surface area contributed by atoms with E-state index in [-0.39, 0.29) is 24.0 Å². The summed E-state index contributed by atoms with van der Waals surface area (Å²) < 4.78 is 5.05. The number of hydrogen-bond donors (Lipinski definition) is 0. The second-order valence-electron chi connectivity index (χ2n) is 4.48. The minimum atomic E-state index is -0.856. The predicted molar refractivity (Wildman–Crippen MR) is 68.5 cm³/mol. The molecule has 1 aliphatic heterocycles. The molecular formula is C14H15NO4. The Morgan fingerprint density at radius 3 is 2.47 bits per heavy atom. The molecule has 100 valence electrons. The lowest BCUT2D eigenvalue weighted by Crippen LogP contribution is -2.37. The van der Waals surface area contributed by atoms with E-state index in [4.69, 9.17) is 4.74 Å². The van der Waals surface area contributed by atoms with Gasteiger partial charge in [0.15, 0.2) is 5.78 Å². The number of ketones is 1. The first-order valence-electron chi connectivity index (χ1n) is 6.01. The van der Waals surface area contributed by atoms with Gasteiger partial charge in [0.2, 0.25) is 11.8 Å². The van der Waals surface area contributed by atoms with Crippen LogP contribution >= 0.6 is 0 Å². The molecule has 0 N–H and O–H groups in total. The van der Waals surface area contributed by atoms with E-state index in [2.05, 4.69) is 0 Å². The molecule has 1 aromatic rings. The van der Waals surface area contributed by atoms with E-state index in [1.54, 1.807) is 30.3 Å². The van der Waals surface area contributed by atoms with Crippen LogP contribution in [0.25, 0.3) is 0 Å². The number of ether oxygens (including phenoxy) is 1. The highest BCUT2D eigenvalue weighted by molar-refractivity contribution is 6.21. The Morgan fingerprint density at radius 1 is 1.32 bits per heavy atom. The van der Waals surface area contributed by atoms with E-state index in [9.17, 15) is 14.4 Å². The van der Waals surface area contributed by atoms with Gasteiger partial charge in [-0.1, -0.05) is 18.2 Å². The van der Waals surface area contributed by atoms with Crippen LogP contribution in [-0.4, -0.2) is 30.8 Å². The Labute approximate surface area is 111 Å². The fourth-order valence-electron chi connectivity index (χ4n) is 2.35. The monoisotopic (exact) mass is 261 g/mol. The number of benzene rings is 1. The summed E-state index contributed by atoms with van der Waals surface area (Å²) in [6, 6.07) is 8.69. The molecule has 1 aliphatic rings. The van der Waals surface area contributed by atoms with Gasteiger partial charge in [0.25, 0.3) is 0 Å². The average Bonchev–Trinajstić information content (AvgIpc) is 2.67. The Hall–Kier alpha value is -2.01. The summed E-state index contributed by atoms with van der Waals surface area (Å²) in [5.41, 5.74) is 0.526. The minimum Gasteiger partial charge on any atom is -0.373 e. The van der Waals surface area contributed by atoms with E-state index < -0.39 is 12.0 Å². The van der Waals surface area contributed by atoms with Gasteiger partial charge < -0.3 is 4.74 Å². The zero-order valence-electron chi connectivity index (χ0n) is 10.8. The smallest absolute Gasteiger partial charge is 0.240 e. The zero-order valence-corrected chi connectivity index (χ0v) is 10.8. The molecule has 2 rings (SSSR count). The SMILES string of the molecule is COC(C(C)=O)C1CC(=O)N(c2ccccc2)C1=O. The molecule has 0 spiro atoms. The largest absolute Gasteiger partial charge is 0.373 e. The summed E-state index contributed by atoms with van der Waals surface area (Å²) in [6.07, 6.45) is -0.851. The number of Topliss-reactive ketones (excluding diaryl/α,β-unsaturated/α-hetero) is 1. The Balaban J connectivity index is 2.29.